The predicted octanol–water partition coefficient (Wildman–Crippen LogP) is 3.86. The van der Waals surface area contributed by atoms with E-state index in [-0.39, 0.29) is 10.7 Å². The van der Waals surface area contributed by atoms with E-state index >= 15 is 0 Å². The van der Waals surface area contributed by atoms with Gasteiger partial charge in [-0.05, 0) is 53.9 Å². The summed E-state index contributed by atoms with van der Waals surface area (Å²) in [5, 5.41) is 18.7. The molecule has 142 valence electrons. The van der Waals surface area contributed by atoms with E-state index < -0.39 is 16.1 Å². The van der Waals surface area contributed by atoms with Crippen molar-refractivity contribution in [1.82, 2.24) is 4.98 Å². The van der Waals surface area contributed by atoms with Crippen molar-refractivity contribution < 1.29 is 13.5 Å². The predicted molar refractivity (Wildman–Crippen MR) is 107 cm³/mol. The number of sulfonamides is 1. The summed E-state index contributed by atoms with van der Waals surface area (Å²) >= 11 is 0. The summed E-state index contributed by atoms with van der Waals surface area (Å²) in [6, 6.07) is 20.4. The van der Waals surface area contributed by atoms with Gasteiger partial charge in [-0.2, -0.15) is 5.26 Å². The molecule has 6 nitrogen and oxygen atoms in total. The minimum absolute atomic E-state index is 0.105. The lowest BCUT2D eigenvalue weighted by molar-refractivity contribution is 0.169. The summed E-state index contributed by atoms with van der Waals surface area (Å²) in [5.41, 5.74) is 2.71. The molecule has 0 aliphatic rings. The number of nitriles is 1. The molecule has 2 aromatic carbocycles. The first-order valence-corrected chi connectivity index (χ1v) is 10.2. The Kier molecular flexibility index (Phi) is 5.73. The number of benzene rings is 2. The molecule has 1 heterocycles. The Labute approximate surface area is 164 Å². The van der Waals surface area contributed by atoms with Gasteiger partial charge >= 0.3 is 0 Å². The zero-order valence-electron chi connectivity index (χ0n) is 15.2. The fraction of sp³-hybridized carbons (Fsp3) is 0.143. The number of aliphatic hydroxyl groups excluding tert-OH is 1. The second-order valence-electron chi connectivity index (χ2n) is 6.19. The highest BCUT2D eigenvalue weighted by Gasteiger charge is 2.16. The van der Waals surface area contributed by atoms with Gasteiger partial charge in [0.15, 0.2) is 0 Å². The third kappa shape index (κ3) is 4.36. The van der Waals surface area contributed by atoms with Gasteiger partial charge in [0.05, 0.1) is 28.3 Å². The Hall–Kier alpha value is -3.21. The van der Waals surface area contributed by atoms with Gasteiger partial charge in [0.2, 0.25) is 0 Å². The van der Waals surface area contributed by atoms with Crippen molar-refractivity contribution in [3.63, 3.8) is 0 Å². The van der Waals surface area contributed by atoms with Gasteiger partial charge in [-0.1, -0.05) is 37.3 Å². The van der Waals surface area contributed by atoms with Crippen LogP contribution >= 0.6 is 0 Å². The number of hydrogen-bond acceptors (Lipinski definition) is 5. The smallest absolute Gasteiger partial charge is 0.263 e. The number of aliphatic hydroxyl groups is 1. The van der Waals surface area contributed by atoms with Crippen molar-refractivity contribution in [2.75, 3.05) is 4.72 Å². The van der Waals surface area contributed by atoms with E-state index in [2.05, 4.69) is 15.8 Å². The molecule has 3 aromatic rings. The summed E-state index contributed by atoms with van der Waals surface area (Å²) in [4.78, 5) is 4.27. The van der Waals surface area contributed by atoms with Crippen LogP contribution in [0, 0.1) is 11.3 Å². The van der Waals surface area contributed by atoms with Crippen LogP contribution in [0.25, 0.3) is 11.1 Å². The van der Waals surface area contributed by atoms with Gasteiger partial charge in [0, 0.05) is 0 Å². The Morgan fingerprint density at radius 3 is 2.21 bits per heavy atom. The highest BCUT2D eigenvalue weighted by Crippen LogP contribution is 2.23. The lowest BCUT2D eigenvalue weighted by Gasteiger charge is -2.11. The van der Waals surface area contributed by atoms with Crippen LogP contribution in [0.3, 0.4) is 0 Å². The van der Waals surface area contributed by atoms with E-state index in [1.807, 2.05) is 19.1 Å². The zero-order chi connectivity index (χ0) is 20.1. The first kappa shape index (κ1) is 19.5. The number of pyridine rings is 1. The van der Waals surface area contributed by atoms with Crippen LogP contribution in [0.4, 0.5) is 5.82 Å². The maximum Gasteiger partial charge on any atom is 0.263 e. The fourth-order valence-electron chi connectivity index (χ4n) is 2.66. The molecule has 7 heteroatoms. The van der Waals surface area contributed by atoms with Crippen molar-refractivity contribution in [1.29, 1.82) is 5.26 Å². The molecule has 0 radical (unpaired) electrons. The Morgan fingerprint density at radius 2 is 1.64 bits per heavy atom. The summed E-state index contributed by atoms with van der Waals surface area (Å²) in [6.45, 7) is 1.82. The number of rotatable bonds is 6. The number of aromatic nitrogens is 1. The van der Waals surface area contributed by atoms with Crippen LogP contribution in [0.1, 0.15) is 30.7 Å². The van der Waals surface area contributed by atoms with E-state index in [1.54, 1.807) is 36.4 Å². The molecule has 0 bridgehead atoms. The lowest BCUT2D eigenvalue weighted by atomic mass is 10.0. The molecule has 0 aliphatic carbocycles. The third-order valence-corrected chi connectivity index (χ3v) is 5.62. The molecule has 0 aliphatic heterocycles. The molecule has 0 saturated carbocycles. The SMILES string of the molecule is CC[C@@H](O)c1cccc(NS(=O)(=O)c2ccc(-c3ccc(C#N)cc3)cc2)n1. The number of nitrogens with one attached hydrogen (secondary N) is 1. The van der Waals surface area contributed by atoms with E-state index in [4.69, 9.17) is 5.26 Å². The minimum Gasteiger partial charge on any atom is -0.387 e. The molecule has 0 amide bonds. The molecule has 28 heavy (non-hydrogen) atoms. The van der Waals surface area contributed by atoms with Gasteiger partial charge in [-0.3, -0.25) is 4.72 Å². The Balaban J connectivity index is 1.81. The standard InChI is InChI=1S/C21H19N3O3S/c1-2-20(25)19-4-3-5-21(23-19)24-28(26,27)18-12-10-17(11-13-18)16-8-6-15(14-22)7-9-16/h3-13,20,25H,2H2,1H3,(H,23,24)/t20-/m1/s1. The Bertz CT molecular complexity index is 1100. The van der Waals surface area contributed by atoms with Crippen LogP contribution in [-0.2, 0) is 10.0 Å². The molecule has 0 spiro atoms. The number of anilines is 1. The van der Waals surface area contributed by atoms with Crippen LogP contribution in [0.2, 0.25) is 0 Å². The Morgan fingerprint density at radius 1 is 1.04 bits per heavy atom. The highest BCUT2D eigenvalue weighted by atomic mass is 32.2. The van der Waals surface area contributed by atoms with Gasteiger partial charge in [0.1, 0.15) is 5.82 Å². The molecule has 0 unspecified atom stereocenters. The van der Waals surface area contributed by atoms with Crippen LogP contribution in [0.15, 0.2) is 71.6 Å². The molecule has 1 atom stereocenters. The molecular formula is C21H19N3O3S. The highest BCUT2D eigenvalue weighted by molar-refractivity contribution is 7.92. The average Bonchev–Trinajstić information content (AvgIpc) is 2.73. The third-order valence-electron chi connectivity index (χ3n) is 4.25. The van der Waals surface area contributed by atoms with Crippen molar-refractivity contribution >= 4 is 15.8 Å². The monoisotopic (exact) mass is 393 g/mol. The summed E-state index contributed by atoms with van der Waals surface area (Å²) in [7, 11) is -3.81. The first-order chi connectivity index (χ1) is 13.4. The first-order valence-electron chi connectivity index (χ1n) is 8.71. The van der Waals surface area contributed by atoms with E-state index in [0.717, 1.165) is 11.1 Å². The molecule has 0 fully saturated rings. The summed E-state index contributed by atoms with van der Waals surface area (Å²) in [5.74, 6) is 0.154. The largest absolute Gasteiger partial charge is 0.387 e. The summed E-state index contributed by atoms with van der Waals surface area (Å²) < 4.78 is 27.7. The van der Waals surface area contributed by atoms with E-state index in [0.29, 0.717) is 17.7 Å². The molecule has 3 rings (SSSR count). The van der Waals surface area contributed by atoms with Crippen LogP contribution in [-0.4, -0.2) is 18.5 Å². The van der Waals surface area contributed by atoms with Crippen molar-refractivity contribution in [2.45, 2.75) is 24.3 Å². The zero-order valence-corrected chi connectivity index (χ0v) is 16.0. The van der Waals surface area contributed by atoms with E-state index in [1.165, 1.54) is 18.2 Å². The van der Waals surface area contributed by atoms with Crippen molar-refractivity contribution in [2.24, 2.45) is 0 Å². The topological polar surface area (TPSA) is 103 Å². The van der Waals surface area contributed by atoms with Crippen LogP contribution in [0.5, 0.6) is 0 Å². The van der Waals surface area contributed by atoms with Crippen molar-refractivity contribution in [3.8, 4) is 17.2 Å². The molecular weight excluding hydrogens is 374 g/mol. The van der Waals surface area contributed by atoms with Crippen LogP contribution < -0.4 is 4.72 Å². The van der Waals surface area contributed by atoms with Gasteiger partial charge in [-0.15, -0.1) is 0 Å². The van der Waals surface area contributed by atoms with Gasteiger partial charge in [0.25, 0.3) is 10.0 Å². The summed E-state index contributed by atoms with van der Waals surface area (Å²) in [6.07, 6.45) is -0.254. The minimum atomic E-state index is -3.81. The fourth-order valence-corrected chi connectivity index (χ4v) is 3.66. The van der Waals surface area contributed by atoms with Gasteiger partial charge < -0.3 is 5.11 Å². The lowest BCUT2D eigenvalue weighted by Crippen LogP contribution is -2.14. The van der Waals surface area contributed by atoms with Gasteiger partial charge in [-0.25, -0.2) is 13.4 Å². The maximum atomic E-state index is 12.6. The molecule has 1 aromatic heterocycles. The normalized spacial score (nSPS) is 12.2. The maximum absolute atomic E-state index is 12.6. The second-order valence-corrected chi connectivity index (χ2v) is 7.87. The quantitative estimate of drug-likeness (QED) is 0.662. The number of hydrogen-bond donors (Lipinski definition) is 2. The molecule has 2 N–H and O–H groups in total. The number of nitrogens with zero attached hydrogens (tertiary/aromatic N) is 2. The molecule has 0 saturated heterocycles. The van der Waals surface area contributed by atoms with Crippen molar-refractivity contribution in [3.05, 3.63) is 78.0 Å². The van der Waals surface area contributed by atoms with E-state index in [9.17, 15) is 13.5 Å². The second kappa shape index (κ2) is 8.21. The average molecular weight is 393 g/mol.